The summed E-state index contributed by atoms with van der Waals surface area (Å²) >= 11 is 0. The Balaban J connectivity index is 2.22. The zero-order valence-corrected chi connectivity index (χ0v) is 12.1. The third kappa shape index (κ3) is 3.49. The van der Waals surface area contributed by atoms with Crippen LogP contribution in [0.3, 0.4) is 0 Å². The molecule has 0 aromatic heterocycles. The molecule has 0 saturated carbocycles. The van der Waals surface area contributed by atoms with Gasteiger partial charge in [0.05, 0.1) is 20.1 Å². The predicted octanol–water partition coefficient (Wildman–Crippen LogP) is -0.111. The number of nitrogens with one attached hydrogen (secondary N) is 1. The second-order valence-corrected chi connectivity index (χ2v) is 4.90. The maximum atomic E-state index is 12.1. The van der Waals surface area contributed by atoms with Crippen LogP contribution in [0.25, 0.3) is 0 Å². The lowest BCUT2D eigenvalue weighted by atomic mass is 10.1. The topological polar surface area (TPSA) is 92.8 Å². The molecule has 22 heavy (non-hydrogen) atoms. The van der Waals surface area contributed by atoms with Gasteiger partial charge in [-0.3, -0.25) is 19.2 Å². The van der Waals surface area contributed by atoms with Crippen LogP contribution in [0, 0.1) is 0 Å². The highest BCUT2D eigenvalue weighted by molar-refractivity contribution is 5.96. The molecule has 1 aliphatic heterocycles. The number of esters is 1. The minimum absolute atomic E-state index is 0.107. The number of benzene rings is 1. The molecule has 1 aromatic rings. The maximum Gasteiger partial charge on any atom is 0.308 e. The van der Waals surface area contributed by atoms with E-state index in [2.05, 4.69) is 10.1 Å². The van der Waals surface area contributed by atoms with Gasteiger partial charge in [-0.05, 0) is 11.6 Å². The van der Waals surface area contributed by atoms with Crippen LogP contribution in [-0.4, -0.2) is 48.7 Å². The molecule has 2 rings (SSSR count). The molecule has 1 saturated heterocycles. The molecule has 7 heteroatoms. The van der Waals surface area contributed by atoms with Gasteiger partial charge < -0.3 is 15.0 Å². The molecule has 1 aromatic carbocycles. The summed E-state index contributed by atoms with van der Waals surface area (Å²) < 4.78 is 4.57. The highest BCUT2D eigenvalue weighted by atomic mass is 16.5. The fourth-order valence-corrected chi connectivity index (χ4v) is 2.30. The van der Waals surface area contributed by atoms with E-state index in [0.29, 0.717) is 17.4 Å². The van der Waals surface area contributed by atoms with Gasteiger partial charge in [0, 0.05) is 12.1 Å². The van der Waals surface area contributed by atoms with Gasteiger partial charge in [-0.15, -0.1) is 0 Å². The molecule has 1 atom stereocenters. The number of rotatable bonds is 5. The molecule has 0 bridgehead atoms. The Kier molecular flexibility index (Phi) is 4.88. The third-order valence-corrected chi connectivity index (χ3v) is 3.44. The van der Waals surface area contributed by atoms with Crippen molar-refractivity contribution < 1.29 is 23.9 Å². The molecular weight excluding hydrogens is 288 g/mol. The summed E-state index contributed by atoms with van der Waals surface area (Å²) in [7, 11) is 1.22. The number of methoxy groups -OCH3 is 1. The van der Waals surface area contributed by atoms with E-state index in [1.807, 2.05) is 0 Å². The first-order valence-electron chi connectivity index (χ1n) is 6.73. The second kappa shape index (κ2) is 6.84. The van der Waals surface area contributed by atoms with Crippen molar-refractivity contribution in [3.8, 4) is 0 Å². The lowest BCUT2D eigenvalue weighted by molar-refractivity contribution is -0.152. The number of carbonyl (C=O) groups is 4. The highest BCUT2D eigenvalue weighted by Gasteiger charge is 2.36. The number of amides is 2. The standard InChI is InChI=1S/C15H16N2O5/c1-22-14(20)6-12-15(21)16-7-13(19)17(12)8-10-3-2-4-11(5-10)9-18/h2-5,9,12H,6-8H2,1H3,(H,16,21)/t12-/m0/s1. The van der Waals surface area contributed by atoms with E-state index in [9.17, 15) is 19.2 Å². The Morgan fingerprint density at radius 1 is 1.45 bits per heavy atom. The van der Waals surface area contributed by atoms with Gasteiger partial charge in [-0.25, -0.2) is 0 Å². The quantitative estimate of drug-likeness (QED) is 0.605. The van der Waals surface area contributed by atoms with E-state index in [4.69, 9.17) is 0 Å². The van der Waals surface area contributed by atoms with Gasteiger partial charge in [0.2, 0.25) is 11.8 Å². The molecule has 1 N–H and O–H groups in total. The Morgan fingerprint density at radius 2 is 2.23 bits per heavy atom. The average Bonchev–Trinajstić information content (AvgIpc) is 2.54. The van der Waals surface area contributed by atoms with E-state index >= 15 is 0 Å². The zero-order chi connectivity index (χ0) is 16.1. The van der Waals surface area contributed by atoms with Crippen molar-refractivity contribution in [1.29, 1.82) is 0 Å². The van der Waals surface area contributed by atoms with Gasteiger partial charge in [-0.1, -0.05) is 18.2 Å². The molecule has 1 heterocycles. The summed E-state index contributed by atoms with van der Waals surface area (Å²) in [6.07, 6.45) is 0.502. The summed E-state index contributed by atoms with van der Waals surface area (Å²) in [5.41, 5.74) is 1.19. The highest BCUT2D eigenvalue weighted by Crippen LogP contribution is 2.16. The van der Waals surface area contributed by atoms with Gasteiger partial charge in [-0.2, -0.15) is 0 Å². The van der Waals surface area contributed by atoms with Crippen LogP contribution in [0.1, 0.15) is 22.3 Å². The van der Waals surface area contributed by atoms with Gasteiger partial charge in [0.25, 0.3) is 0 Å². The first kappa shape index (κ1) is 15.7. The lowest BCUT2D eigenvalue weighted by Crippen LogP contribution is -2.58. The summed E-state index contributed by atoms with van der Waals surface area (Å²) in [6.45, 7) is 0.0411. The monoisotopic (exact) mass is 304 g/mol. The van der Waals surface area contributed by atoms with E-state index in [1.54, 1.807) is 24.3 Å². The summed E-state index contributed by atoms with van der Waals surface area (Å²) in [5, 5.41) is 2.46. The number of carbonyl (C=O) groups excluding carboxylic acids is 4. The van der Waals surface area contributed by atoms with Crippen molar-refractivity contribution in [2.75, 3.05) is 13.7 Å². The largest absolute Gasteiger partial charge is 0.469 e. The first-order valence-corrected chi connectivity index (χ1v) is 6.73. The van der Waals surface area contributed by atoms with E-state index in [-0.39, 0.29) is 25.4 Å². The van der Waals surface area contributed by atoms with Crippen LogP contribution in [0.5, 0.6) is 0 Å². The number of nitrogens with zero attached hydrogens (tertiary/aromatic N) is 1. The van der Waals surface area contributed by atoms with E-state index in [1.165, 1.54) is 12.0 Å². The van der Waals surface area contributed by atoms with Crippen molar-refractivity contribution in [3.63, 3.8) is 0 Å². The molecule has 1 aliphatic rings. The summed E-state index contributed by atoms with van der Waals surface area (Å²) in [6, 6.07) is 5.83. The number of ether oxygens (including phenoxy) is 1. The summed E-state index contributed by atoms with van der Waals surface area (Å²) in [4.78, 5) is 47.6. The Morgan fingerprint density at radius 3 is 2.91 bits per heavy atom. The van der Waals surface area contributed by atoms with Crippen LogP contribution in [0.2, 0.25) is 0 Å². The molecule has 1 fully saturated rings. The Hall–Kier alpha value is -2.70. The van der Waals surface area contributed by atoms with Crippen molar-refractivity contribution in [2.24, 2.45) is 0 Å². The SMILES string of the molecule is COC(=O)C[C@H]1C(=O)NCC(=O)N1Cc1cccc(C=O)c1. The van der Waals surface area contributed by atoms with E-state index < -0.39 is 17.9 Å². The molecule has 0 radical (unpaired) electrons. The second-order valence-electron chi connectivity index (χ2n) is 4.90. The fourth-order valence-electron chi connectivity index (χ4n) is 2.30. The summed E-state index contributed by atoms with van der Waals surface area (Å²) in [5.74, 6) is -1.25. The van der Waals surface area contributed by atoms with Crippen LogP contribution in [0.15, 0.2) is 24.3 Å². The van der Waals surface area contributed by atoms with Crippen LogP contribution in [0.4, 0.5) is 0 Å². The Labute approximate surface area is 127 Å². The van der Waals surface area contributed by atoms with Crippen molar-refractivity contribution in [1.82, 2.24) is 10.2 Å². The lowest BCUT2D eigenvalue weighted by Gasteiger charge is -2.34. The third-order valence-electron chi connectivity index (χ3n) is 3.44. The Bertz CT molecular complexity index is 614. The molecular formula is C15H16N2O5. The minimum atomic E-state index is -0.909. The number of hydrogen-bond donors (Lipinski definition) is 1. The normalized spacial score (nSPS) is 17.9. The van der Waals surface area contributed by atoms with Gasteiger partial charge >= 0.3 is 5.97 Å². The predicted molar refractivity (Wildman–Crippen MR) is 75.8 cm³/mol. The zero-order valence-electron chi connectivity index (χ0n) is 12.1. The molecule has 0 spiro atoms. The maximum absolute atomic E-state index is 12.1. The smallest absolute Gasteiger partial charge is 0.308 e. The molecule has 7 nitrogen and oxygen atoms in total. The van der Waals surface area contributed by atoms with E-state index in [0.717, 1.165) is 0 Å². The van der Waals surface area contributed by atoms with Crippen molar-refractivity contribution >= 4 is 24.1 Å². The number of aldehydes is 1. The average molecular weight is 304 g/mol. The number of piperazine rings is 1. The van der Waals surface area contributed by atoms with Crippen LogP contribution >= 0.6 is 0 Å². The van der Waals surface area contributed by atoms with Crippen molar-refractivity contribution in [2.45, 2.75) is 19.0 Å². The first-order chi connectivity index (χ1) is 10.5. The van der Waals surface area contributed by atoms with Crippen LogP contribution < -0.4 is 5.32 Å². The van der Waals surface area contributed by atoms with Crippen LogP contribution in [-0.2, 0) is 25.7 Å². The number of hydrogen-bond acceptors (Lipinski definition) is 5. The molecule has 2 amide bonds. The fraction of sp³-hybridized carbons (Fsp3) is 0.333. The molecule has 0 unspecified atom stereocenters. The molecule has 0 aliphatic carbocycles. The van der Waals surface area contributed by atoms with Gasteiger partial charge in [0.1, 0.15) is 12.3 Å². The minimum Gasteiger partial charge on any atom is -0.469 e. The molecule has 116 valence electrons. The van der Waals surface area contributed by atoms with Crippen molar-refractivity contribution in [3.05, 3.63) is 35.4 Å². The van der Waals surface area contributed by atoms with Gasteiger partial charge in [0.15, 0.2) is 0 Å².